The number of epoxide rings is 1. The number of nitrogens with zero attached hydrogens (tertiary/aromatic N) is 1. The van der Waals surface area contributed by atoms with Gasteiger partial charge in [-0.2, -0.15) is 0 Å². The summed E-state index contributed by atoms with van der Waals surface area (Å²) in [6, 6.07) is 21.2. The molecule has 0 spiro atoms. The Balaban J connectivity index is 1.75. The molecule has 0 aromatic heterocycles. The maximum Gasteiger partial charge on any atom is 0.143 e. The van der Waals surface area contributed by atoms with Crippen LogP contribution in [0.4, 0.5) is 0 Å². The fraction of sp³-hybridized carbons (Fsp3) is 0.294. The van der Waals surface area contributed by atoms with E-state index in [0.717, 1.165) is 19.7 Å². The van der Waals surface area contributed by atoms with Gasteiger partial charge >= 0.3 is 0 Å². The molecule has 0 unspecified atom stereocenters. The fourth-order valence-electron chi connectivity index (χ4n) is 2.28. The Morgan fingerprint density at radius 1 is 0.895 bits per heavy atom. The van der Waals surface area contributed by atoms with E-state index in [2.05, 4.69) is 72.5 Å². The van der Waals surface area contributed by atoms with Gasteiger partial charge in [-0.15, -0.1) is 0 Å². The van der Waals surface area contributed by atoms with Crippen LogP contribution >= 0.6 is 0 Å². The normalized spacial score (nSPS) is 21.6. The van der Waals surface area contributed by atoms with Crippen LogP contribution in [0.15, 0.2) is 60.7 Å². The summed E-state index contributed by atoms with van der Waals surface area (Å²) in [5, 5.41) is 0. The van der Waals surface area contributed by atoms with Crippen molar-refractivity contribution in [1.82, 2.24) is 4.90 Å². The van der Waals surface area contributed by atoms with E-state index in [1.807, 2.05) is 0 Å². The SMILES string of the molecule is C[C@@]1(N(Cc2ccccc2)Cc2ccccc2)CO1. The molecule has 98 valence electrons. The predicted molar refractivity (Wildman–Crippen MR) is 76.5 cm³/mol. The average Bonchev–Trinajstić information content (AvgIpc) is 3.20. The van der Waals surface area contributed by atoms with Crippen molar-refractivity contribution < 1.29 is 4.74 Å². The molecule has 1 atom stereocenters. The summed E-state index contributed by atoms with van der Waals surface area (Å²) < 4.78 is 5.63. The molecule has 0 aliphatic carbocycles. The number of rotatable bonds is 5. The highest BCUT2D eigenvalue weighted by Crippen LogP contribution is 2.33. The van der Waals surface area contributed by atoms with Gasteiger partial charge in [-0.3, -0.25) is 4.90 Å². The number of hydrogen-bond acceptors (Lipinski definition) is 2. The molecule has 19 heavy (non-hydrogen) atoms. The molecule has 0 bridgehead atoms. The molecule has 0 radical (unpaired) electrons. The smallest absolute Gasteiger partial charge is 0.143 e. The van der Waals surface area contributed by atoms with Crippen LogP contribution in [0.25, 0.3) is 0 Å². The first-order chi connectivity index (χ1) is 9.26. The van der Waals surface area contributed by atoms with Gasteiger partial charge in [0.1, 0.15) is 5.72 Å². The van der Waals surface area contributed by atoms with Crippen LogP contribution in [0, 0.1) is 0 Å². The molecule has 0 amide bonds. The Morgan fingerprint density at radius 3 is 1.68 bits per heavy atom. The van der Waals surface area contributed by atoms with Crippen molar-refractivity contribution in [3.05, 3.63) is 71.8 Å². The molecule has 2 heteroatoms. The summed E-state index contributed by atoms with van der Waals surface area (Å²) in [7, 11) is 0. The van der Waals surface area contributed by atoms with Gasteiger partial charge in [0.05, 0.1) is 6.61 Å². The largest absolute Gasteiger partial charge is 0.354 e. The summed E-state index contributed by atoms with van der Waals surface area (Å²) in [5.41, 5.74) is 2.57. The first-order valence-corrected chi connectivity index (χ1v) is 6.73. The third-order valence-electron chi connectivity index (χ3n) is 3.66. The fourth-order valence-corrected chi connectivity index (χ4v) is 2.28. The van der Waals surface area contributed by atoms with Crippen LogP contribution in [-0.4, -0.2) is 17.2 Å². The van der Waals surface area contributed by atoms with E-state index >= 15 is 0 Å². The van der Waals surface area contributed by atoms with Crippen LogP contribution < -0.4 is 0 Å². The maximum atomic E-state index is 5.63. The number of benzene rings is 2. The highest BCUT2D eigenvalue weighted by atomic mass is 16.6. The summed E-state index contributed by atoms with van der Waals surface area (Å²) in [4.78, 5) is 2.40. The van der Waals surface area contributed by atoms with Crippen LogP contribution in [0.3, 0.4) is 0 Å². The van der Waals surface area contributed by atoms with Gasteiger partial charge in [-0.05, 0) is 18.1 Å². The molecule has 1 saturated heterocycles. The van der Waals surface area contributed by atoms with Gasteiger partial charge in [0.25, 0.3) is 0 Å². The Hall–Kier alpha value is -1.64. The van der Waals surface area contributed by atoms with Crippen molar-refractivity contribution in [2.45, 2.75) is 25.7 Å². The zero-order valence-electron chi connectivity index (χ0n) is 11.3. The van der Waals surface area contributed by atoms with Crippen molar-refractivity contribution >= 4 is 0 Å². The first kappa shape index (κ1) is 12.4. The topological polar surface area (TPSA) is 15.8 Å². The van der Waals surface area contributed by atoms with E-state index in [1.54, 1.807) is 0 Å². The average molecular weight is 253 g/mol. The zero-order valence-corrected chi connectivity index (χ0v) is 11.3. The van der Waals surface area contributed by atoms with Crippen molar-refractivity contribution in [3.63, 3.8) is 0 Å². The second-order valence-corrected chi connectivity index (χ2v) is 5.29. The van der Waals surface area contributed by atoms with Gasteiger partial charge in [0, 0.05) is 13.1 Å². The lowest BCUT2D eigenvalue weighted by atomic mass is 10.1. The standard InChI is InChI=1S/C17H19NO/c1-17(14-19-17)18(12-15-8-4-2-5-9-15)13-16-10-6-3-7-11-16/h2-11H,12-14H2,1H3/t17-/m0/s1. The van der Waals surface area contributed by atoms with E-state index in [-0.39, 0.29) is 5.72 Å². The minimum absolute atomic E-state index is 0.0916. The third-order valence-corrected chi connectivity index (χ3v) is 3.66. The maximum absolute atomic E-state index is 5.63. The summed E-state index contributed by atoms with van der Waals surface area (Å²) in [6.45, 7) is 4.84. The molecule has 2 nitrogen and oxygen atoms in total. The van der Waals surface area contributed by atoms with Crippen molar-refractivity contribution in [1.29, 1.82) is 0 Å². The lowest BCUT2D eigenvalue weighted by molar-refractivity contribution is 0.0777. The first-order valence-electron chi connectivity index (χ1n) is 6.73. The van der Waals surface area contributed by atoms with E-state index in [9.17, 15) is 0 Å². The lowest BCUT2D eigenvalue weighted by Gasteiger charge is -2.26. The van der Waals surface area contributed by atoms with Crippen LogP contribution in [0.5, 0.6) is 0 Å². The Morgan fingerprint density at radius 2 is 1.32 bits per heavy atom. The summed E-state index contributed by atoms with van der Waals surface area (Å²) >= 11 is 0. The highest BCUT2D eigenvalue weighted by molar-refractivity contribution is 5.18. The molecule has 2 aromatic rings. The monoisotopic (exact) mass is 253 g/mol. The van der Waals surface area contributed by atoms with Gasteiger partial charge in [0.2, 0.25) is 0 Å². The molecule has 1 aliphatic rings. The second-order valence-electron chi connectivity index (χ2n) is 5.29. The number of ether oxygens (including phenoxy) is 1. The van der Waals surface area contributed by atoms with E-state index in [0.29, 0.717) is 0 Å². The van der Waals surface area contributed by atoms with Crippen molar-refractivity contribution in [2.75, 3.05) is 6.61 Å². The molecule has 0 saturated carbocycles. The highest BCUT2D eigenvalue weighted by Gasteiger charge is 2.45. The molecule has 1 aliphatic heterocycles. The molecule has 2 aromatic carbocycles. The lowest BCUT2D eigenvalue weighted by Crippen LogP contribution is -2.35. The van der Waals surface area contributed by atoms with Crippen molar-refractivity contribution in [2.24, 2.45) is 0 Å². The minimum atomic E-state index is -0.0916. The molecule has 1 heterocycles. The summed E-state index contributed by atoms with van der Waals surface area (Å²) in [6.07, 6.45) is 0. The zero-order chi connectivity index (χ0) is 13.1. The Kier molecular flexibility index (Phi) is 3.36. The van der Waals surface area contributed by atoms with Crippen LogP contribution in [0.2, 0.25) is 0 Å². The second kappa shape index (κ2) is 5.16. The molecular weight excluding hydrogens is 234 g/mol. The predicted octanol–water partition coefficient (Wildman–Crippen LogP) is 3.44. The minimum Gasteiger partial charge on any atom is -0.354 e. The number of hydrogen-bond donors (Lipinski definition) is 0. The van der Waals surface area contributed by atoms with Gasteiger partial charge in [-0.1, -0.05) is 60.7 Å². The Bertz CT molecular complexity index is 478. The van der Waals surface area contributed by atoms with Crippen molar-refractivity contribution in [3.8, 4) is 0 Å². The molecule has 0 N–H and O–H groups in total. The van der Waals surface area contributed by atoms with E-state index in [1.165, 1.54) is 11.1 Å². The van der Waals surface area contributed by atoms with Gasteiger partial charge in [-0.25, -0.2) is 0 Å². The van der Waals surface area contributed by atoms with E-state index in [4.69, 9.17) is 4.74 Å². The van der Waals surface area contributed by atoms with Gasteiger partial charge < -0.3 is 4.74 Å². The van der Waals surface area contributed by atoms with Crippen LogP contribution in [0.1, 0.15) is 18.1 Å². The molecule has 3 rings (SSSR count). The quantitative estimate of drug-likeness (QED) is 0.759. The third kappa shape index (κ3) is 3.03. The summed E-state index contributed by atoms with van der Waals surface area (Å²) in [5.74, 6) is 0. The Labute approximate surface area is 114 Å². The van der Waals surface area contributed by atoms with E-state index < -0.39 is 0 Å². The molecule has 1 fully saturated rings. The van der Waals surface area contributed by atoms with Gasteiger partial charge in [0.15, 0.2) is 0 Å². The molecular formula is C17H19NO. The van der Waals surface area contributed by atoms with Crippen LogP contribution in [-0.2, 0) is 17.8 Å².